The van der Waals surface area contributed by atoms with E-state index >= 15 is 0 Å². The minimum Gasteiger partial charge on any atom is -0.384 e. The van der Waals surface area contributed by atoms with Crippen LogP contribution in [0.25, 0.3) is 0 Å². The van der Waals surface area contributed by atoms with Gasteiger partial charge in [-0.15, -0.1) is 0 Å². The Labute approximate surface area is 92.7 Å². The van der Waals surface area contributed by atoms with Crippen LogP contribution in [0.5, 0.6) is 0 Å². The van der Waals surface area contributed by atoms with Crippen LogP contribution < -0.4 is 11.5 Å². The molecule has 5 N–H and O–H groups in total. The monoisotopic (exact) mass is 213 g/mol. The Balaban J connectivity index is 2.40. The lowest BCUT2D eigenvalue weighted by atomic mass is 10.1. The molecule has 0 radical (unpaired) electrons. The predicted molar refractivity (Wildman–Crippen MR) is 63.2 cm³/mol. The quantitative estimate of drug-likeness (QED) is 0.649. The summed E-state index contributed by atoms with van der Waals surface area (Å²) in [6.45, 7) is 0. The molecule has 0 aliphatic heterocycles. The van der Waals surface area contributed by atoms with Crippen molar-refractivity contribution in [3.63, 3.8) is 0 Å². The van der Waals surface area contributed by atoms with Gasteiger partial charge in [0.2, 0.25) is 0 Å². The highest BCUT2D eigenvalue weighted by molar-refractivity contribution is 6.13. The molecule has 0 spiro atoms. The van der Waals surface area contributed by atoms with Gasteiger partial charge >= 0.3 is 0 Å². The molecule has 0 fully saturated rings. The molecule has 0 aliphatic carbocycles. The SMILES string of the molecule is N=C(c1ccc(N)nc1)c1cccnc1N. The van der Waals surface area contributed by atoms with Gasteiger partial charge in [-0.1, -0.05) is 0 Å². The first-order valence-electron chi connectivity index (χ1n) is 4.70. The number of hydrogen-bond acceptors (Lipinski definition) is 5. The van der Waals surface area contributed by atoms with Crippen molar-refractivity contribution >= 4 is 17.3 Å². The molecule has 0 saturated carbocycles. The number of hydrogen-bond donors (Lipinski definition) is 3. The van der Waals surface area contributed by atoms with E-state index < -0.39 is 0 Å². The minimum absolute atomic E-state index is 0.290. The van der Waals surface area contributed by atoms with Gasteiger partial charge < -0.3 is 11.5 Å². The van der Waals surface area contributed by atoms with Crippen LogP contribution in [0.15, 0.2) is 36.7 Å². The van der Waals surface area contributed by atoms with E-state index in [0.29, 0.717) is 22.8 Å². The molecule has 2 rings (SSSR count). The molecule has 0 saturated heterocycles. The zero-order valence-corrected chi connectivity index (χ0v) is 8.51. The molecular formula is C11H11N5. The molecule has 0 atom stereocenters. The van der Waals surface area contributed by atoms with Crippen LogP contribution in [-0.4, -0.2) is 15.7 Å². The van der Waals surface area contributed by atoms with Crippen molar-refractivity contribution in [2.24, 2.45) is 0 Å². The third-order valence-corrected chi connectivity index (χ3v) is 2.18. The van der Waals surface area contributed by atoms with Gasteiger partial charge in [-0.25, -0.2) is 9.97 Å². The Morgan fingerprint density at radius 2 is 1.94 bits per heavy atom. The zero-order valence-electron chi connectivity index (χ0n) is 8.51. The summed E-state index contributed by atoms with van der Waals surface area (Å²) in [5.74, 6) is 0.764. The van der Waals surface area contributed by atoms with E-state index in [4.69, 9.17) is 16.9 Å². The lowest BCUT2D eigenvalue weighted by molar-refractivity contribution is 1.29. The Morgan fingerprint density at radius 3 is 2.56 bits per heavy atom. The fourth-order valence-corrected chi connectivity index (χ4v) is 1.34. The third kappa shape index (κ3) is 1.83. The maximum atomic E-state index is 7.98. The van der Waals surface area contributed by atoms with Crippen LogP contribution in [0, 0.1) is 5.41 Å². The summed E-state index contributed by atoms with van der Waals surface area (Å²) in [5.41, 5.74) is 12.7. The van der Waals surface area contributed by atoms with Crippen LogP contribution in [-0.2, 0) is 0 Å². The number of nitrogen functional groups attached to an aromatic ring is 2. The van der Waals surface area contributed by atoms with Gasteiger partial charge in [0, 0.05) is 23.5 Å². The largest absolute Gasteiger partial charge is 0.384 e. The fourth-order valence-electron chi connectivity index (χ4n) is 1.34. The van der Waals surface area contributed by atoms with Crippen LogP contribution in [0.4, 0.5) is 11.6 Å². The van der Waals surface area contributed by atoms with Gasteiger partial charge in [0.15, 0.2) is 0 Å². The minimum atomic E-state index is 0.290. The number of nitrogens with zero attached hydrogens (tertiary/aromatic N) is 2. The Hall–Kier alpha value is -2.43. The average Bonchev–Trinajstić information content (AvgIpc) is 2.30. The predicted octanol–water partition coefficient (Wildman–Crippen LogP) is 1.06. The number of aromatic nitrogens is 2. The Bertz CT molecular complexity index is 518. The van der Waals surface area contributed by atoms with Crippen molar-refractivity contribution < 1.29 is 0 Å². The standard InChI is InChI=1S/C11H11N5/c12-9-4-3-7(6-16-9)10(13)8-2-1-5-15-11(8)14/h1-6,13H,(H2,12,16)(H2,14,15). The van der Waals surface area contributed by atoms with Crippen molar-refractivity contribution in [2.45, 2.75) is 0 Å². The van der Waals surface area contributed by atoms with Crippen molar-refractivity contribution in [3.05, 3.63) is 47.8 Å². The van der Waals surface area contributed by atoms with Crippen LogP contribution in [0.3, 0.4) is 0 Å². The molecule has 2 heterocycles. The van der Waals surface area contributed by atoms with E-state index in [2.05, 4.69) is 9.97 Å². The van der Waals surface area contributed by atoms with E-state index in [9.17, 15) is 0 Å². The zero-order chi connectivity index (χ0) is 11.5. The summed E-state index contributed by atoms with van der Waals surface area (Å²) in [4.78, 5) is 7.87. The summed E-state index contributed by atoms with van der Waals surface area (Å²) < 4.78 is 0. The first-order valence-corrected chi connectivity index (χ1v) is 4.70. The van der Waals surface area contributed by atoms with Crippen molar-refractivity contribution in [3.8, 4) is 0 Å². The van der Waals surface area contributed by atoms with E-state index in [1.54, 1.807) is 36.7 Å². The van der Waals surface area contributed by atoms with Gasteiger partial charge in [-0.05, 0) is 24.3 Å². The highest BCUT2D eigenvalue weighted by Crippen LogP contribution is 2.13. The highest BCUT2D eigenvalue weighted by Gasteiger charge is 2.08. The molecule has 0 amide bonds. The lowest BCUT2D eigenvalue weighted by Gasteiger charge is -2.06. The number of anilines is 2. The molecule has 0 aliphatic rings. The maximum Gasteiger partial charge on any atom is 0.132 e. The van der Waals surface area contributed by atoms with Crippen LogP contribution >= 0.6 is 0 Å². The Kier molecular flexibility index (Phi) is 2.51. The van der Waals surface area contributed by atoms with Gasteiger partial charge in [0.05, 0.1) is 5.71 Å². The number of rotatable bonds is 2. The second-order valence-corrected chi connectivity index (χ2v) is 3.28. The second kappa shape index (κ2) is 3.98. The van der Waals surface area contributed by atoms with E-state index in [0.717, 1.165) is 0 Å². The highest BCUT2D eigenvalue weighted by atomic mass is 14.8. The maximum absolute atomic E-state index is 7.98. The topological polar surface area (TPSA) is 102 Å². The summed E-state index contributed by atoms with van der Waals surface area (Å²) in [6.07, 6.45) is 3.14. The third-order valence-electron chi connectivity index (χ3n) is 2.18. The molecule has 5 heteroatoms. The molecule has 0 bridgehead atoms. The van der Waals surface area contributed by atoms with E-state index in [1.807, 2.05) is 0 Å². The summed E-state index contributed by atoms with van der Waals surface area (Å²) in [7, 11) is 0. The Morgan fingerprint density at radius 1 is 1.12 bits per heavy atom. The first-order chi connectivity index (χ1) is 7.68. The summed E-state index contributed by atoms with van der Waals surface area (Å²) in [5, 5.41) is 7.98. The van der Waals surface area contributed by atoms with Crippen molar-refractivity contribution in [2.75, 3.05) is 11.5 Å². The van der Waals surface area contributed by atoms with Gasteiger partial charge in [0.25, 0.3) is 0 Å². The number of pyridine rings is 2. The number of nitrogens with one attached hydrogen (secondary N) is 1. The molecule has 0 unspecified atom stereocenters. The van der Waals surface area contributed by atoms with E-state index in [1.165, 1.54) is 0 Å². The summed E-state index contributed by atoms with van der Waals surface area (Å²) >= 11 is 0. The van der Waals surface area contributed by atoms with Gasteiger partial charge in [-0.2, -0.15) is 0 Å². The van der Waals surface area contributed by atoms with Gasteiger partial charge in [0.1, 0.15) is 11.6 Å². The fraction of sp³-hybridized carbons (Fsp3) is 0. The molecule has 2 aromatic rings. The normalized spacial score (nSPS) is 10.0. The summed E-state index contributed by atoms with van der Waals surface area (Å²) in [6, 6.07) is 6.87. The molecule has 16 heavy (non-hydrogen) atoms. The van der Waals surface area contributed by atoms with E-state index in [-0.39, 0.29) is 5.71 Å². The molecule has 80 valence electrons. The second-order valence-electron chi connectivity index (χ2n) is 3.28. The lowest BCUT2D eigenvalue weighted by Crippen LogP contribution is -2.07. The van der Waals surface area contributed by atoms with Crippen molar-refractivity contribution in [1.29, 1.82) is 5.41 Å². The molecular weight excluding hydrogens is 202 g/mol. The molecule has 2 aromatic heterocycles. The molecule has 5 nitrogen and oxygen atoms in total. The average molecular weight is 213 g/mol. The van der Waals surface area contributed by atoms with Crippen molar-refractivity contribution in [1.82, 2.24) is 9.97 Å². The van der Waals surface area contributed by atoms with Crippen LogP contribution in [0.1, 0.15) is 11.1 Å². The first kappa shape index (κ1) is 10.1. The van der Waals surface area contributed by atoms with Gasteiger partial charge in [-0.3, -0.25) is 5.41 Å². The number of nitrogens with two attached hydrogens (primary N) is 2. The van der Waals surface area contributed by atoms with Crippen LogP contribution in [0.2, 0.25) is 0 Å². The molecule has 0 aromatic carbocycles. The smallest absolute Gasteiger partial charge is 0.132 e.